The van der Waals surface area contributed by atoms with Crippen molar-refractivity contribution in [1.29, 1.82) is 0 Å². The topological polar surface area (TPSA) is 21.7 Å². The number of unbranched alkanes of at least 4 members (excludes halogenated alkanes) is 1. The van der Waals surface area contributed by atoms with Crippen LogP contribution < -0.4 is 0 Å². The van der Waals surface area contributed by atoms with Crippen LogP contribution in [0, 0.1) is 17.8 Å². The quantitative estimate of drug-likeness (QED) is 0.746. The Morgan fingerprint density at radius 2 is 1.78 bits per heavy atom. The van der Waals surface area contributed by atoms with Crippen LogP contribution in [-0.2, 0) is 9.47 Å². The van der Waals surface area contributed by atoms with Gasteiger partial charge in [-0.25, -0.2) is 0 Å². The molecule has 2 saturated heterocycles. The lowest BCUT2D eigenvalue weighted by Gasteiger charge is -2.38. The third-order valence-corrected chi connectivity index (χ3v) is 6.15. The second-order valence-electron chi connectivity index (χ2n) is 8.71. The van der Waals surface area contributed by atoms with Gasteiger partial charge >= 0.3 is 0 Å². The number of nitrogens with zero attached hydrogens (tertiary/aromatic N) is 1. The van der Waals surface area contributed by atoms with Gasteiger partial charge in [-0.2, -0.15) is 0 Å². The molecule has 3 atom stereocenters. The van der Waals surface area contributed by atoms with Crippen LogP contribution in [-0.4, -0.2) is 43.0 Å². The fraction of sp³-hybridized carbons (Fsp3) is 1.00. The zero-order valence-corrected chi connectivity index (χ0v) is 15.6. The lowest BCUT2D eigenvalue weighted by Crippen LogP contribution is -2.44. The van der Waals surface area contributed by atoms with Crippen LogP contribution in [0.25, 0.3) is 0 Å². The molecule has 1 aliphatic carbocycles. The molecule has 0 N–H and O–H groups in total. The van der Waals surface area contributed by atoms with Crippen molar-refractivity contribution in [2.24, 2.45) is 17.8 Å². The number of likely N-dealkylation sites (tertiary alicyclic amines) is 1. The lowest BCUT2D eigenvalue weighted by molar-refractivity contribution is -0.194. The highest BCUT2D eigenvalue weighted by molar-refractivity contribution is 4.87. The van der Waals surface area contributed by atoms with Crippen LogP contribution in [0.2, 0.25) is 0 Å². The SMILES string of the molecule is CCCCC1CCC2(CC1)OCC(CN1CC(C)CC(C)C1)O2. The molecule has 2 heterocycles. The lowest BCUT2D eigenvalue weighted by atomic mass is 9.82. The van der Waals surface area contributed by atoms with E-state index in [2.05, 4.69) is 25.7 Å². The fourth-order valence-electron chi connectivity index (χ4n) is 5.10. The minimum absolute atomic E-state index is 0.222. The van der Waals surface area contributed by atoms with Gasteiger partial charge < -0.3 is 14.4 Å². The minimum atomic E-state index is -0.222. The summed E-state index contributed by atoms with van der Waals surface area (Å²) in [4.78, 5) is 2.61. The van der Waals surface area contributed by atoms with Crippen molar-refractivity contribution in [1.82, 2.24) is 4.90 Å². The summed E-state index contributed by atoms with van der Waals surface area (Å²) in [5.74, 6) is 2.34. The van der Waals surface area contributed by atoms with E-state index in [-0.39, 0.29) is 5.79 Å². The molecule has 0 radical (unpaired) electrons. The van der Waals surface area contributed by atoms with E-state index in [0.717, 1.165) is 43.7 Å². The Hall–Kier alpha value is -0.120. The maximum atomic E-state index is 6.45. The van der Waals surface area contributed by atoms with Crippen molar-refractivity contribution in [3.05, 3.63) is 0 Å². The predicted octanol–water partition coefficient (Wildman–Crippen LogP) is 4.46. The van der Waals surface area contributed by atoms with Crippen molar-refractivity contribution in [3.8, 4) is 0 Å². The number of ether oxygens (including phenoxy) is 2. The second-order valence-corrected chi connectivity index (χ2v) is 8.71. The Kier molecular flexibility index (Phi) is 6.03. The molecule has 0 bridgehead atoms. The Balaban J connectivity index is 1.44. The van der Waals surface area contributed by atoms with Crippen LogP contribution >= 0.6 is 0 Å². The summed E-state index contributed by atoms with van der Waals surface area (Å²) in [5.41, 5.74) is 0. The molecule has 3 heteroatoms. The smallest absolute Gasteiger partial charge is 0.168 e. The first-order valence-corrected chi connectivity index (χ1v) is 10.1. The molecule has 3 unspecified atom stereocenters. The van der Waals surface area contributed by atoms with Gasteiger partial charge in [0.2, 0.25) is 0 Å². The highest BCUT2D eigenvalue weighted by Gasteiger charge is 2.44. The van der Waals surface area contributed by atoms with E-state index in [1.165, 1.54) is 51.6 Å². The molecule has 0 amide bonds. The molecular formula is C20H37NO2. The summed E-state index contributed by atoms with van der Waals surface area (Å²) in [6.45, 7) is 11.4. The Morgan fingerprint density at radius 3 is 2.43 bits per heavy atom. The van der Waals surface area contributed by atoms with E-state index in [4.69, 9.17) is 9.47 Å². The fourth-order valence-corrected chi connectivity index (χ4v) is 5.10. The maximum absolute atomic E-state index is 6.45. The van der Waals surface area contributed by atoms with Crippen molar-refractivity contribution < 1.29 is 9.47 Å². The highest BCUT2D eigenvalue weighted by Crippen LogP contribution is 2.41. The molecule has 0 aromatic carbocycles. The molecule has 1 saturated carbocycles. The van der Waals surface area contributed by atoms with E-state index in [0.29, 0.717) is 6.10 Å². The average Bonchev–Trinajstić information content (AvgIpc) is 2.88. The zero-order chi connectivity index (χ0) is 16.3. The molecule has 3 rings (SSSR count). The van der Waals surface area contributed by atoms with Crippen LogP contribution in [0.5, 0.6) is 0 Å². The number of rotatable bonds is 5. The summed E-state index contributed by atoms with van der Waals surface area (Å²) in [7, 11) is 0. The van der Waals surface area contributed by atoms with Crippen molar-refractivity contribution in [2.45, 2.75) is 84.0 Å². The first-order chi connectivity index (χ1) is 11.1. The van der Waals surface area contributed by atoms with Crippen LogP contribution in [0.4, 0.5) is 0 Å². The van der Waals surface area contributed by atoms with Gasteiger partial charge in [-0.15, -0.1) is 0 Å². The predicted molar refractivity (Wildman–Crippen MR) is 94.4 cm³/mol. The van der Waals surface area contributed by atoms with E-state index in [1.54, 1.807) is 0 Å². The Morgan fingerprint density at radius 1 is 1.09 bits per heavy atom. The van der Waals surface area contributed by atoms with E-state index in [9.17, 15) is 0 Å². The van der Waals surface area contributed by atoms with Gasteiger partial charge in [0.1, 0.15) is 0 Å². The number of piperidine rings is 1. The molecule has 23 heavy (non-hydrogen) atoms. The summed E-state index contributed by atoms with van der Waals surface area (Å²) >= 11 is 0. The molecular weight excluding hydrogens is 286 g/mol. The van der Waals surface area contributed by atoms with Crippen LogP contribution in [0.15, 0.2) is 0 Å². The van der Waals surface area contributed by atoms with Gasteiger partial charge in [0.25, 0.3) is 0 Å². The summed E-state index contributed by atoms with van der Waals surface area (Å²) in [6.07, 6.45) is 10.6. The van der Waals surface area contributed by atoms with Gasteiger partial charge in [-0.1, -0.05) is 40.0 Å². The molecule has 0 aromatic rings. The minimum Gasteiger partial charge on any atom is -0.347 e. The molecule has 3 fully saturated rings. The average molecular weight is 324 g/mol. The molecule has 134 valence electrons. The standard InChI is InChI=1S/C20H37NO2/c1-4-5-6-18-7-9-20(10-8-18)22-15-19(23-20)14-21-12-16(2)11-17(3)13-21/h16-19H,4-15H2,1-3H3. The third kappa shape index (κ3) is 4.70. The van der Waals surface area contributed by atoms with Crippen molar-refractivity contribution in [3.63, 3.8) is 0 Å². The monoisotopic (exact) mass is 323 g/mol. The Labute approximate surface area is 143 Å². The summed E-state index contributed by atoms with van der Waals surface area (Å²) in [5, 5.41) is 0. The second kappa shape index (κ2) is 7.84. The summed E-state index contributed by atoms with van der Waals surface area (Å²) in [6, 6.07) is 0. The zero-order valence-electron chi connectivity index (χ0n) is 15.6. The van der Waals surface area contributed by atoms with Crippen LogP contribution in [0.3, 0.4) is 0 Å². The van der Waals surface area contributed by atoms with Gasteiger partial charge in [-0.05, 0) is 37.0 Å². The first-order valence-electron chi connectivity index (χ1n) is 10.1. The van der Waals surface area contributed by atoms with Gasteiger partial charge in [0.15, 0.2) is 5.79 Å². The Bertz CT molecular complexity index is 355. The normalized spacial score (nSPS) is 42.4. The highest BCUT2D eigenvalue weighted by atomic mass is 16.7. The van der Waals surface area contributed by atoms with Crippen molar-refractivity contribution in [2.75, 3.05) is 26.2 Å². The van der Waals surface area contributed by atoms with E-state index < -0.39 is 0 Å². The van der Waals surface area contributed by atoms with Gasteiger partial charge in [0.05, 0.1) is 12.7 Å². The molecule has 3 nitrogen and oxygen atoms in total. The van der Waals surface area contributed by atoms with Gasteiger partial charge in [-0.3, -0.25) is 0 Å². The molecule has 0 aromatic heterocycles. The van der Waals surface area contributed by atoms with Crippen molar-refractivity contribution >= 4 is 0 Å². The number of hydrogen-bond donors (Lipinski definition) is 0. The molecule has 3 aliphatic rings. The summed E-state index contributed by atoms with van der Waals surface area (Å²) < 4.78 is 12.6. The molecule has 1 spiro atoms. The first kappa shape index (κ1) is 17.7. The van der Waals surface area contributed by atoms with E-state index >= 15 is 0 Å². The third-order valence-electron chi connectivity index (χ3n) is 6.15. The van der Waals surface area contributed by atoms with Gasteiger partial charge in [0, 0.05) is 32.5 Å². The maximum Gasteiger partial charge on any atom is 0.168 e. The van der Waals surface area contributed by atoms with Crippen LogP contribution in [0.1, 0.15) is 72.1 Å². The number of hydrogen-bond acceptors (Lipinski definition) is 3. The largest absolute Gasteiger partial charge is 0.347 e. The van der Waals surface area contributed by atoms with E-state index in [1.807, 2.05) is 0 Å². The molecule has 2 aliphatic heterocycles.